The van der Waals surface area contributed by atoms with Crippen molar-refractivity contribution < 1.29 is 0 Å². The number of fused-ring (bicyclic) bond motifs is 6. The van der Waals surface area contributed by atoms with Crippen LogP contribution in [-0.4, -0.2) is 0 Å². The van der Waals surface area contributed by atoms with E-state index < -0.39 is 0 Å². The molecule has 0 saturated heterocycles. The third-order valence-electron chi connectivity index (χ3n) is 9.90. The highest BCUT2D eigenvalue weighted by molar-refractivity contribution is 7.25. The largest absolute Gasteiger partial charge is 0.310 e. The van der Waals surface area contributed by atoms with Crippen molar-refractivity contribution in [2.45, 2.75) is 19.3 Å². The Bertz CT molecular complexity index is 2430. The molecule has 1 heterocycles. The molecule has 0 atom stereocenters. The lowest BCUT2D eigenvalue weighted by Crippen LogP contribution is -2.15. The molecule has 1 nitrogen and oxygen atoms in total. The molecule has 7 aromatic carbocycles. The molecule has 0 spiro atoms. The summed E-state index contributed by atoms with van der Waals surface area (Å²) in [4.78, 5) is 2.45. The van der Waals surface area contributed by atoms with E-state index in [0.717, 1.165) is 17.1 Å². The van der Waals surface area contributed by atoms with Crippen LogP contribution in [0.4, 0.5) is 17.1 Å². The number of nitrogens with zero attached hydrogens (tertiary/aromatic N) is 1. The van der Waals surface area contributed by atoms with Crippen molar-refractivity contribution in [3.8, 4) is 33.4 Å². The van der Waals surface area contributed by atoms with E-state index in [-0.39, 0.29) is 5.41 Å². The Morgan fingerprint density at radius 1 is 0.447 bits per heavy atom. The van der Waals surface area contributed by atoms with Crippen molar-refractivity contribution in [2.24, 2.45) is 0 Å². The third-order valence-corrected chi connectivity index (χ3v) is 11.0. The first-order chi connectivity index (χ1) is 23.1. The van der Waals surface area contributed by atoms with Crippen LogP contribution in [0.25, 0.3) is 53.6 Å². The molecule has 0 bridgehead atoms. The number of hydrogen-bond acceptors (Lipinski definition) is 2. The third kappa shape index (κ3) is 4.44. The number of thiophene rings is 1. The van der Waals surface area contributed by atoms with Crippen molar-refractivity contribution in [3.05, 3.63) is 175 Å². The molecular weight excluding hydrogens is 587 g/mol. The molecule has 47 heavy (non-hydrogen) atoms. The number of anilines is 3. The Hall–Kier alpha value is -5.44. The Labute approximate surface area is 280 Å². The normalized spacial score (nSPS) is 13.1. The van der Waals surface area contributed by atoms with E-state index in [1.165, 1.54) is 64.7 Å². The molecular formula is C45H33NS. The van der Waals surface area contributed by atoms with Crippen LogP contribution < -0.4 is 4.90 Å². The molecule has 2 heteroatoms. The van der Waals surface area contributed by atoms with Crippen LogP contribution in [0.2, 0.25) is 0 Å². The fourth-order valence-corrected chi connectivity index (χ4v) is 8.74. The molecule has 0 N–H and O–H groups in total. The maximum absolute atomic E-state index is 2.45. The van der Waals surface area contributed by atoms with Gasteiger partial charge in [-0.15, -0.1) is 11.3 Å². The van der Waals surface area contributed by atoms with Crippen molar-refractivity contribution in [3.63, 3.8) is 0 Å². The van der Waals surface area contributed by atoms with Crippen molar-refractivity contribution in [1.29, 1.82) is 0 Å². The van der Waals surface area contributed by atoms with Gasteiger partial charge in [0.2, 0.25) is 0 Å². The molecule has 0 fully saturated rings. The van der Waals surface area contributed by atoms with Crippen molar-refractivity contribution in [2.75, 3.05) is 4.90 Å². The topological polar surface area (TPSA) is 3.24 Å². The minimum absolute atomic E-state index is 0.0415. The van der Waals surface area contributed by atoms with Gasteiger partial charge in [0.15, 0.2) is 0 Å². The molecule has 9 rings (SSSR count). The summed E-state index contributed by atoms with van der Waals surface area (Å²) in [5.41, 5.74) is 13.7. The molecule has 0 unspecified atom stereocenters. The van der Waals surface area contributed by atoms with Gasteiger partial charge < -0.3 is 4.90 Å². The maximum Gasteiger partial charge on any atom is 0.0540 e. The van der Waals surface area contributed by atoms with Gasteiger partial charge >= 0.3 is 0 Å². The lowest BCUT2D eigenvalue weighted by molar-refractivity contribution is 0.660. The first kappa shape index (κ1) is 27.8. The zero-order valence-corrected chi connectivity index (χ0v) is 27.3. The predicted molar refractivity (Wildman–Crippen MR) is 202 cm³/mol. The smallest absolute Gasteiger partial charge is 0.0540 e. The average Bonchev–Trinajstić information content (AvgIpc) is 3.62. The van der Waals surface area contributed by atoms with E-state index in [0.29, 0.717) is 0 Å². The highest BCUT2D eigenvalue weighted by Crippen LogP contribution is 2.52. The van der Waals surface area contributed by atoms with Gasteiger partial charge in [-0.1, -0.05) is 135 Å². The van der Waals surface area contributed by atoms with Gasteiger partial charge in [-0.3, -0.25) is 0 Å². The van der Waals surface area contributed by atoms with Crippen LogP contribution in [0.15, 0.2) is 164 Å². The number of hydrogen-bond donors (Lipinski definition) is 0. The number of rotatable bonds is 5. The molecule has 224 valence electrons. The second-order valence-corrected chi connectivity index (χ2v) is 14.0. The Kier molecular flexibility index (Phi) is 6.41. The Morgan fingerprint density at radius 3 is 1.91 bits per heavy atom. The summed E-state index contributed by atoms with van der Waals surface area (Å²) in [7, 11) is 0. The maximum atomic E-state index is 2.45. The summed E-state index contributed by atoms with van der Waals surface area (Å²) in [6.07, 6.45) is 0. The highest BCUT2D eigenvalue weighted by Gasteiger charge is 2.35. The van der Waals surface area contributed by atoms with Gasteiger partial charge in [-0.2, -0.15) is 0 Å². The SMILES string of the molecule is CC1(C)c2ccccc2-c2cc(N(c3ccc(-c4ccccc4)cc3)c3ccccc3-c3cccc4sc5ccccc5c34)ccc21. The van der Waals surface area contributed by atoms with E-state index in [1.54, 1.807) is 0 Å². The first-order valence-electron chi connectivity index (χ1n) is 16.3. The van der Waals surface area contributed by atoms with E-state index in [9.17, 15) is 0 Å². The van der Waals surface area contributed by atoms with Gasteiger partial charge in [-0.05, 0) is 81.4 Å². The Balaban J connectivity index is 1.28. The number of para-hydroxylation sites is 1. The zero-order valence-electron chi connectivity index (χ0n) is 26.4. The van der Waals surface area contributed by atoms with Gasteiger partial charge in [0.05, 0.1) is 5.69 Å². The lowest BCUT2D eigenvalue weighted by atomic mass is 9.82. The second kappa shape index (κ2) is 10.8. The van der Waals surface area contributed by atoms with E-state index in [1.807, 2.05) is 11.3 Å². The molecule has 1 aromatic heterocycles. The van der Waals surface area contributed by atoms with Crippen LogP contribution in [0.5, 0.6) is 0 Å². The summed E-state index contributed by atoms with van der Waals surface area (Å²) in [6, 6.07) is 60.1. The van der Waals surface area contributed by atoms with Crippen LogP contribution in [-0.2, 0) is 5.41 Å². The quantitative estimate of drug-likeness (QED) is 0.185. The molecule has 0 radical (unpaired) electrons. The molecule has 1 aliphatic carbocycles. The van der Waals surface area contributed by atoms with E-state index in [2.05, 4.69) is 183 Å². The molecule has 0 amide bonds. The zero-order chi connectivity index (χ0) is 31.5. The highest BCUT2D eigenvalue weighted by atomic mass is 32.1. The second-order valence-electron chi connectivity index (χ2n) is 12.9. The molecule has 8 aromatic rings. The van der Waals surface area contributed by atoms with Gasteiger partial charge in [-0.25, -0.2) is 0 Å². The van der Waals surface area contributed by atoms with Gasteiger partial charge in [0, 0.05) is 42.5 Å². The number of benzene rings is 7. The van der Waals surface area contributed by atoms with Crippen molar-refractivity contribution >= 4 is 48.6 Å². The minimum atomic E-state index is -0.0415. The Morgan fingerprint density at radius 2 is 1.06 bits per heavy atom. The van der Waals surface area contributed by atoms with Crippen LogP contribution in [0.3, 0.4) is 0 Å². The standard InChI is InChI=1S/C45H33NS/c1-45(2)39-19-9-6-15-34(39)38-29-33(27-28-40(38)45)46(32-25-23-31(24-26-32)30-13-4-3-5-14-30)41-20-10-7-16-35(41)36-18-12-22-43-44(36)37-17-8-11-21-42(37)47-43/h3-29H,1-2H3. The fourth-order valence-electron chi connectivity index (χ4n) is 7.60. The summed E-state index contributed by atoms with van der Waals surface area (Å²) >= 11 is 1.87. The first-order valence-corrected chi connectivity index (χ1v) is 17.1. The average molecular weight is 620 g/mol. The van der Waals surface area contributed by atoms with Crippen LogP contribution in [0, 0.1) is 0 Å². The summed E-state index contributed by atoms with van der Waals surface area (Å²) in [5, 5.41) is 2.64. The van der Waals surface area contributed by atoms with E-state index >= 15 is 0 Å². The molecule has 0 aliphatic heterocycles. The minimum Gasteiger partial charge on any atom is -0.310 e. The lowest BCUT2D eigenvalue weighted by Gasteiger charge is -2.29. The monoisotopic (exact) mass is 619 g/mol. The van der Waals surface area contributed by atoms with E-state index in [4.69, 9.17) is 0 Å². The van der Waals surface area contributed by atoms with Gasteiger partial charge in [0.25, 0.3) is 0 Å². The molecule has 0 saturated carbocycles. The summed E-state index contributed by atoms with van der Waals surface area (Å²) in [6.45, 7) is 4.69. The fraction of sp³-hybridized carbons (Fsp3) is 0.0667. The van der Waals surface area contributed by atoms with Gasteiger partial charge in [0.1, 0.15) is 0 Å². The summed E-state index contributed by atoms with van der Waals surface area (Å²) in [5.74, 6) is 0. The van der Waals surface area contributed by atoms with Crippen LogP contribution >= 0.6 is 11.3 Å². The molecule has 1 aliphatic rings. The van der Waals surface area contributed by atoms with Crippen LogP contribution in [0.1, 0.15) is 25.0 Å². The predicted octanol–water partition coefficient (Wildman–Crippen LogP) is 13.2. The van der Waals surface area contributed by atoms with Crippen molar-refractivity contribution in [1.82, 2.24) is 0 Å². The summed E-state index contributed by atoms with van der Waals surface area (Å²) < 4.78 is 2.63.